The van der Waals surface area contributed by atoms with Crippen molar-refractivity contribution in [1.29, 1.82) is 5.26 Å². The molecule has 0 aliphatic rings. The number of benzene rings is 3. The number of para-hydroxylation sites is 1. The minimum absolute atomic E-state index is 0.0193. The molecule has 202 valence electrons. The normalized spacial score (nSPS) is 10.4. The molecule has 0 atom stereocenters. The Morgan fingerprint density at radius 3 is 2.35 bits per heavy atom. The maximum absolute atomic E-state index is 13.6. The smallest absolute Gasteiger partial charge is 0.258 e. The van der Waals surface area contributed by atoms with E-state index < -0.39 is 5.91 Å². The van der Waals surface area contributed by atoms with Gasteiger partial charge in [0.05, 0.1) is 36.8 Å². The summed E-state index contributed by atoms with van der Waals surface area (Å²) in [6.45, 7) is 1.70. The highest BCUT2D eigenvalue weighted by Crippen LogP contribution is 2.39. The van der Waals surface area contributed by atoms with Gasteiger partial charge in [0.2, 0.25) is 5.91 Å². The fourth-order valence-electron chi connectivity index (χ4n) is 4.06. The second kappa shape index (κ2) is 13.0. The highest BCUT2D eigenvalue weighted by Gasteiger charge is 2.25. The van der Waals surface area contributed by atoms with Crippen molar-refractivity contribution in [3.63, 3.8) is 0 Å². The number of halogens is 1. The Hall–Kier alpha value is -4.52. The number of amides is 2. The molecule has 3 aromatic carbocycles. The summed E-state index contributed by atoms with van der Waals surface area (Å²) in [6.07, 6.45) is 0. The van der Waals surface area contributed by atoms with Gasteiger partial charge in [-0.2, -0.15) is 5.26 Å². The number of methoxy groups -OCH3 is 2. The van der Waals surface area contributed by atoms with E-state index in [0.717, 1.165) is 11.8 Å². The maximum atomic E-state index is 13.6. The van der Waals surface area contributed by atoms with Crippen LogP contribution in [0.2, 0.25) is 5.02 Å². The zero-order chi connectivity index (χ0) is 28.6. The van der Waals surface area contributed by atoms with Crippen LogP contribution in [0, 0.1) is 18.3 Å². The molecular formula is C30H25ClN4O4S. The van der Waals surface area contributed by atoms with E-state index in [1.54, 1.807) is 61.5 Å². The first-order valence-corrected chi connectivity index (χ1v) is 13.4. The van der Waals surface area contributed by atoms with Crippen molar-refractivity contribution < 1.29 is 19.1 Å². The molecule has 4 aromatic rings. The number of anilines is 2. The minimum Gasteiger partial charge on any atom is -0.493 e. The Balaban J connectivity index is 1.76. The second-order valence-electron chi connectivity index (χ2n) is 8.48. The van der Waals surface area contributed by atoms with Crippen LogP contribution in [0.15, 0.2) is 77.8 Å². The van der Waals surface area contributed by atoms with Crippen LogP contribution in [-0.2, 0) is 4.79 Å². The average Bonchev–Trinajstić information content (AvgIpc) is 2.95. The summed E-state index contributed by atoms with van der Waals surface area (Å²) in [7, 11) is 3.03. The number of rotatable bonds is 9. The van der Waals surface area contributed by atoms with Gasteiger partial charge in [-0.3, -0.25) is 9.59 Å². The van der Waals surface area contributed by atoms with E-state index in [4.69, 9.17) is 21.1 Å². The van der Waals surface area contributed by atoms with Gasteiger partial charge in [-0.1, -0.05) is 53.7 Å². The van der Waals surface area contributed by atoms with E-state index in [-0.39, 0.29) is 22.8 Å². The molecule has 0 unspecified atom stereocenters. The number of nitrogens with zero attached hydrogens (tertiary/aromatic N) is 2. The molecule has 2 amide bonds. The van der Waals surface area contributed by atoms with Crippen LogP contribution in [-0.4, -0.2) is 36.8 Å². The monoisotopic (exact) mass is 572 g/mol. The van der Waals surface area contributed by atoms with Crippen LogP contribution in [0.25, 0.3) is 11.1 Å². The van der Waals surface area contributed by atoms with E-state index >= 15 is 0 Å². The molecule has 8 nitrogen and oxygen atoms in total. The zero-order valence-electron chi connectivity index (χ0n) is 21.9. The first kappa shape index (κ1) is 28.5. The van der Waals surface area contributed by atoms with Gasteiger partial charge in [0, 0.05) is 22.0 Å². The lowest BCUT2D eigenvalue weighted by Crippen LogP contribution is -2.18. The number of thioether (sulfide) groups is 1. The molecule has 0 bridgehead atoms. The number of carbonyl (C=O) groups excluding carboxylic acids is 2. The summed E-state index contributed by atoms with van der Waals surface area (Å²) in [5.74, 6) is 0.192. The lowest BCUT2D eigenvalue weighted by Gasteiger charge is -2.18. The molecule has 0 radical (unpaired) electrons. The van der Waals surface area contributed by atoms with Crippen molar-refractivity contribution in [1.82, 2.24) is 4.98 Å². The van der Waals surface area contributed by atoms with Crippen LogP contribution in [0.1, 0.15) is 21.6 Å². The van der Waals surface area contributed by atoms with Crippen molar-refractivity contribution in [3.8, 4) is 28.7 Å². The number of hydrogen-bond acceptors (Lipinski definition) is 7. The molecule has 0 aliphatic heterocycles. The number of pyridine rings is 1. The van der Waals surface area contributed by atoms with Crippen molar-refractivity contribution >= 4 is 46.6 Å². The van der Waals surface area contributed by atoms with Crippen LogP contribution in [0.5, 0.6) is 11.5 Å². The fraction of sp³-hybridized carbons (Fsp3) is 0.133. The summed E-state index contributed by atoms with van der Waals surface area (Å²) in [4.78, 5) is 30.9. The first-order valence-electron chi connectivity index (χ1n) is 12.1. The van der Waals surface area contributed by atoms with Crippen LogP contribution in [0.3, 0.4) is 0 Å². The Morgan fingerprint density at radius 1 is 0.950 bits per heavy atom. The van der Waals surface area contributed by atoms with E-state index in [2.05, 4.69) is 21.7 Å². The molecule has 10 heteroatoms. The van der Waals surface area contributed by atoms with E-state index in [9.17, 15) is 14.9 Å². The number of hydrogen-bond donors (Lipinski definition) is 2. The molecule has 0 fully saturated rings. The molecule has 2 N–H and O–H groups in total. The molecule has 1 heterocycles. The third kappa shape index (κ3) is 6.54. The lowest BCUT2D eigenvalue weighted by molar-refractivity contribution is -0.113. The van der Waals surface area contributed by atoms with Gasteiger partial charge in [-0.15, -0.1) is 0 Å². The topological polar surface area (TPSA) is 113 Å². The minimum atomic E-state index is -0.423. The lowest BCUT2D eigenvalue weighted by atomic mass is 9.94. The Morgan fingerprint density at radius 2 is 1.68 bits per heavy atom. The van der Waals surface area contributed by atoms with Crippen LogP contribution in [0.4, 0.5) is 11.4 Å². The van der Waals surface area contributed by atoms with Gasteiger partial charge < -0.3 is 20.1 Å². The van der Waals surface area contributed by atoms with E-state index in [1.807, 2.05) is 18.2 Å². The Labute approximate surface area is 241 Å². The molecule has 0 spiro atoms. The number of carbonyl (C=O) groups is 2. The predicted octanol–water partition coefficient (Wildman–Crippen LogP) is 6.58. The summed E-state index contributed by atoms with van der Waals surface area (Å²) in [5.41, 5.74) is 2.89. The van der Waals surface area contributed by atoms with Crippen molar-refractivity contribution in [2.24, 2.45) is 0 Å². The molecule has 1 aromatic heterocycles. The van der Waals surface area contributed by atoms with Crippen LogP contribution >= 0.6 is 23.4 Å². The first-order chi connectivity index (χ1) is 19.3. The van der Waals surface area contributed by atoms with Crippen molar-refractivity contribution in [2.75, 3.05) is 30.6 Å². The van der Waals surface area contributed by atoms with Gasteiger partial charge in [-0.05, 0) is 55.0 Å². The second-order valence-corrected chi connectivity index (χ2v) is 9.88. The number of ether oxygens (including phenoxy) is 2. The standard InChI is InChI=1S/C30H25ClN4O4S/c1-18-27(29(37)35-21-9-5-4-6-10-21)28(19-12-13-24(38-2)25(14-19)39-3)23(16-32)30(33-18)40-17-26(36)34-22-11-7-8-20(31)15-22/h4-15H,17H2,1-3H3,(H,34,36)(H,35,37). The summed E-state index contributed by atoms with van der Waals surface area (Å²) >= 11 is 7.12. The van der Waals surface area contributed by atoms with Gasteiger partial charge in [0.25, 0.3) is 5.91 Å². The number of aromatic nitrogens is 1. The molecule has 0 saturated carbocycles. The van der Waals surface area contributed by atoms with Gasteiger partial charge in [0.15, 0.2) is 11.5 Å². The summed E-state index contributed by atoms with van der Waals surface area (Å²) < 4.78 is 10.9. The SMILES string of the molecule is COc1ccc(-c2c(C#N)c(SCC(=O)Nc3cccc(Cl)c3)nc(C)c2C(=O)Nc2ccccc2)cc1OC. The van der Waals surface area contributed by atoms with Crippen LogP contribution < -0.4 is 20.1 Å². The number of nitriles is 1. The van der Waals surface area contributed by atoms with Gasteiger partial charge >= 0.3 is 0 Å². The predicted molar refractivity (Wildman–Crippen MR) is 157 cm³/mol. The fourth-order valence-corrected chi connectivity index (χ4v) is 5.08. The van der Waals surface area contributed by atoms with E-state index in [1.165, 1.54) is 14.2 Å². The molecule has 0 saturated heterocycles. The Kier molecular flexibility index (Phi) is 9.27. The number of nitrogens with one attached hydrogen (secondary N) is 2. The van der Waals surface area contributed by atoms with Crippen molar-refractivity contribution in [3.05, 3.63) is 94.6 Å². The Bertz CT molecular complexity index is 1610. The largest absolute Gasteiger partial charge is 0.493 e. The highest BCUT2D eigenvalue weighted by atomic mass is 35.5. The number of aryl methyl sites for hydroxylation is 1. The average molecular weight is 573 g/mol. The van der Waals surface area contributed by atoms with Gasteiger partial charge in [-0.25, -0.2) is 4.98 Å². The summed E-state index contributed by atoms with van der Waals surface area (Å²) in [6, 6.07) is 23.2. The maximum Gasteiger partial charge on any atom is 0.258 e. The molecule has 40 heavy (non-hydrogen) atoms. The van der Waals surface area contributed by atoms with E-state index in [0.29, 0.717) is 49.7 Å². The third-order valence-corrected chi connectivity index (χ3v) is 7.05. The third-order valence-electron chi connectivity index (χ3n) is 5.84. The molecular weight excluding hydrogens is 548 g/mol. The molecule has 0 aliphatic carbocycles. The quantitative estimate of drug-likeness (QED) is 0.218. The zero-order valence-corrected chi connectivity index (χ0v) is 23.5. The van der Waals surface area contributed by atoms with Crippen molar-refractivity contribution in [2.45, 2.75) is 11.9 Å². The molecule has 4 rings (SSSR count). The highest BCUT2D eigenvalue weighted by molar-refractivity contribution is 8.00. The summed E-state index contributed by atoms with van der Waals surface area (Å²) in [5, 5.41) is 16.8. The van der Waals surface area contributed by atoms with Gasteiger partial charge in [0.1, 0.15) is 11.1 Å².